The average molecular weight is 287 g/mol. The molecule has 19 heavy (non-hydrogen) atoms. The molecule has 0 aliphatic heterocycles. The van der Waals surface area contributed by atoms with Crippen LogP contribution in [-0.4, -0.2) is 29.5 Å². The summed E-state index contributed by atoms with van der Waals surface area (Å²) in [4.78, 5) is 13.8. The lowest BCUT2D eigenvalue weighted by Crippen LogP contribution is -2.20. The van der Waals surface area contributed by atoms with Crippen LogP contribution >= 0.6 is 0 Å². The molecule has 0 aromatic carbocycles. The number of ether oxygens (including phenoxy) is 2. The molecule has 1 aromatic heterocycles. The number of nitrogens with zero attached hydrogens (tertiary/aromatic N) is 1. The Bertz CT molecular complexity index is 488. The van der Waals surface area contributed by atoms with Gasteiger partial charge in [-0.25, -0.2) is 18.6 Å². The summed E-state index contributed by atoms with van der Waals surface area (Å²) in [6, 6.07) is 0. The van der Waals surface area contributed by atoms with Crippen LogP contribution in [0, 0.1) is 0 Å². The number of rotatable bonds is 4. The van der Waals surface area contributed by atoms with Crippen molar-refractivity contribution in [1.29, 1.82) is 0 Å². The lowest BCUT2D eigenvalue weighted by atomic mass is 10.2. The second kappa shape index (κ2) is 5.24. The Morgan fingerprint density at radius 3 is 2.32 bits per heavy atom. The van der Waals surface area contributed by atoms with E-state index in [1.54, 1.807) is 0 Å². The van der Waals surface area contributed by atoms with Crippen molar-refractivity contribution >= 4 is 5.97 Å². The normalized spacial score (nSPS) is 11.5. The standard InChI is InChI=1S/C9H6F5NO4/c1-18-6-4(8(16)17)15-2-3(7(10)11)5(6)19-9(12,13)14/h2,7H,1H3,(H,16,17). The zero-order valence-electron chi connectivity index (χ0n) is 9.16. The third kappa shape index (κ3) is 3.42. The van der Waals surface area contributed by atoms with E-state index in [4.69, 9.17) is 5.11 Å². The molecular weight excluding hydrogens is 281 g/mol. The summed E-state index contributed by atoms with van der Waals surface area (Å²) in [6.45, 7) is 0. The Balaban J connectivity index is 3.50. The SMILES string of the molecule is COc1c(C(=O)O)ncc(C(F)F)c1OC(F)(F)F. The van der Waals surface area contributed by atoms with Crippen LogP contribution in [0.4, 0.5) is 22.0 Å². The van der Waals surface area contributed by atoms with Crippen LogP contribution in [0.1, 0.15) is 22.5 Å². The minimum absolute atomic E-state index is 0.289. The quantitative estimate of drug-likeness (QED) is 0.862. The van der Waals surface area contributed by atoms with Crippen LogP contribution in [0.2, 0.25) is 0 Å². The first-order chi connectivity index (χ1) is 8.67. The van der Waals surface area contributed by atoms with Crippen molar-refractivity contribution < 1.29 is 41.3 Å². The average Bonchev–Trinajstić information content (AvgIpc) is 2.25. The molecule has 0 saturated heterocycles. The zero-order valence-corrected chi connectivity index (χ0v) is 9.16. The highest BCUT2D eigenvalue weighted by Crippen LogP contribution is 2.41. The zero-order chi connectivity index (χ0) is 14.8. The molecule has 0 fully saturated rings. The third-order valence-corrected chi connectivity index (χ3v) is 1.88. The van der Waals surface area contributed by atoms with Crippen LogP contribution in [0.25, 0.3) is 0 Å². The van der Waals surface area contributed by atoms with Crippen molar-refractivity contribution in [2.24, 2.45) is 0 Å². The fourth-order valence-electron chi connectivity index (χ4n) is 1.21. The summed E-state index contributed by atoms with van der Waals surface area (Å²) in [5.74, 6) is -4.19. The van der Waals surface area contributed by atoms with Gasteiger partial charge in [-0.1, -0.05) is 0 Å². The van der Waals surface area contributed by atoms with E-state index in [1.165, 1.54) is 0 Å². The number of aromatic nitrogens is 1. The number of hydrogen-bond donors (Lipinski definition) is 1. The summed E-state index contributed by atoms with van der Waals surface area (Å²) < 4.78 is 69.3. The molecule has 1 N–H and O–H groups in total. The molecular formula is C9H6F5NO4. The van der Waals surface area contributed by atoms with E-state index in [0.29, 0.717) is 0 Å². The van der Waals surface area contributed by atoms with Crippen molar-refractivity contribution in [3.63, 3.8) is 0 Å². The van der Waals surface area contributed by atoms with Crippen LogP contribution in [0.3, 0.4) is 0 Å². The highest BCUT2D eigenvalue weighted by molar-refractivity contribution is 5.89. The maximum Gasteiger partial charge on any atom is 0.573 e. The van der Waals surface area contributed by atoms with E-state index in [1.807, 2.05) is 0 Å². The Morgan fingerprint density at radius 1 is 1.37 bits per heavy atom. The predicted octanol–water partition coefficient (Wildman–Crippen LogP) is 2.62. The van der Waals surface area contributed by atoms with E-state index in [2.05, 4.69) is 14.5 Å². The summed E-state index contributed by atoms with van der Waals surface area (Å²) >= 11 is 0. The fourth-order valence-corrected chi connectivity index (χ4v) is 1.21. The number of pyridine rings is 1. The first kappa shape index (κ1) is 14.9. The number of aromatic carboxylic acids is 1. The third-order valence-electron chi connectivity index (χ3n) is 1.88. The monoisotopic (exact) mass is 287 g/mol. The molecule has 106 valence electrons. The lowest BCUT2D eigenvalue weighted by molar-refractivity contribution is -0.275. The van der Waals surface area contributed by atoms with Crippen LogP contribution in [-0.2, 0) is 0 Å². The van der Waals surface area contributed by atoms with Crippen LogP contribution in [0.15, 0.2) is 6.20 Å². The summed E-state index contributed by atoms with van der Waals surface area (Å²) in [5, 5.41) is 8.68. The van der Waals surface area contributed by atoms with Gasteiger partial charge in [0.05, 0.1) is 12.7 Å². The molecule has 10 heteroatoms. The minimum atomic E-state index is -5.28. The largest absolute Gasteiger partial charge is 0.573 e. The Hall–Kier alpha value is -2.13. The molecule has 0 unspecified atom stereocenters. The van der Waals surface area contributed by atoms with Crippen molar-refractivity contribution in [2.75, 3.05) is 7.11 Å². The van der Waals surface area contributed by atoms with Crippen molar-refractivity contribution in [1.82, 2.24) is 4.98 Å². The lowest BCUT2D eigenvalue weighted by Gasteiger charge is -2.16. The van der Waals surface area contributed by atoms with Crippen molar-refractivity contribution in [3.05, 3.63) is 17.5 Å². The molecule has 1 heterocycles. The highest BCUT2D eigenvalue weighted by Gasteiger charge is 2.37. The number of carbonyl (C=O) groups is 1. The van der Waals surface area contributed by atoms with E-state index in [-0.39, 0.29) is 6.20 Å². The van der Waals surface area contributed by atoms with Gasteiger partial charge >= 0.3 is 12.3 Å². The molecule has 0 aliphatic carbocycles. The number of halogens is 5. The maximum atomic E-state index is 12.6. The van der Waals surface area contributed by atoms with Gasteiger partial charge in [0.2, 0.25) is 0 Å². The molecule has 1 aromatic rings. The van der Waals surface area contributed by atoms with E-state index < -0.39 is 41.5 Å². The number of hydrogen-bond acceptors (Lipinski definition) is 4. The van der Waals surface area contributed by atoms with Gasteiger partial charge in [0.15, 0.2) is 17.2 Å². The van der Waals surface area contributed by atoms with E-state index >= 15 is 0 Å². The summed E-state index contributed by atoms with van der Waals surface area (Å²) in [5.41, 5.74) is -2.19. The summed E-state index contributed by atoms with van der Waals surface area (Å²) in [6.07, 6.45) is -8.34. The van der Waals surface area contributed by atoms with E-state index in [0.717, 1.165) is 7.11 Å². The number of carboxylic acid groups (broad SMARTS) is 1. The van der Waals surface area contributed by atoms with Gasteiger partial charge in [-0.2, -0.15) is 0 Å². The van der Waals surface area contributed by atoms with Gasteiger partial charge in [0.25, 0.3) is 6.43 Å². The molecule has 0 spiro atoms. The maximum absolute atomic E-state index is 12.6. The molecule has 5 nitrogen and oxygen atoms in total. The summed E-state index contributed by atoms with van der Waals surface area (Å²) in [7, 11) is 0.807. The second-order valence-electron chi connectivity index (χ2n) is 3.08. The van der Waals surface area contributed by atoms with Gasteiger partial charge < -0.3 is 14.6 Å². The fraction of sp³-hybridized carbons (Fsp3) is 0.333. The molecule has 0 amide bonds. The number of carboxylic acids is 1. The van der Waals surface area contributed by atoms with Gasteiger partial charge in [-0.15, -0.1) is 13.2 Å². The molecule has 1 rings (SSSR count). The smallest absolute Gasteiger partial charge is 0.491 e. The molecule has 0 bridgehead atoms. The second-order valence-corrected chi connectivity index (χ2v) is 3.08. The van der Waals surface area contributed by atoms with Crippen molar-refractivity contribution in [3.8, 4) is 11.5 Å². The Kier molecular flexibility index (Phi) is 4.12. The predicted molar refractivity (Wildman–Crippen MR) is 49.4 cm³/mol. The topological polar surface area (TPSA) is 68.7 Å². The van der Waals surface area contributed by atoms with Crippen LogP contribution in [0.5, 0.6) is 11.5 Å². The number of alkyl halides is 5. The van der Waals surface area contributed by atoms with E-state index in [9.17, 15) is 26.7 Å². The number of methoxy groups -OCH3 is 1. The molecule has 0 saturated carbocycles. The first-order valence-corrected chi connectivity index (χ1v) is 4.51. The van der Waals surface area contributed by atoms with Gasteiger partial charge in [-0.05, 0) is 0 Å². The van der Waals surface area contributed by atoms with Gasteiger partial charge in [-0.3, -0.25) is 0 Å². The van der Waals surface area contributed by atoms with Gasteiger partial charge in [0, 0.05) is 6.20 Å². The Morgan fingerprint density at radius 2 is 1.95 bits per heavy atom. The van der Waals surface area contributed by atoms with Crippen molar-refractivity contribution in [2.45, 2.75) is 12.8 Å². The van der Waals surface area contributed by atoms with Crippen LogP contribution < -0.4 is 9.47 Å². The minimum Gasteiger partial charge on any atom is -0.491 e. The molecule has 0 radical (unpaired) electrons. The first-order valence-electron chi connectivity index (χ1n) is 4.51. The highest BCUT2D eigenvalue weighted by atomic mass is 19.4. The van der Waals surface area contributed by atoms with Gasteiger partial charge in [0.1, 0.15) is 0 Å². The molecule has 0 aliphatic rings. The molecule has 0 atom stereocenters. The Labute approximate surface area is 102 Å².